The van der Waals surface area contributed by atoms with E-state index < -0.39 is 5.97 Å². The van der Waals surface area contributed by atoms with Crippen LogP contribution in [-0.2, 0) is 9.59 Å². The Hall–Kier alpha value is -1.32. The van der Waals surface area contributed by atoms with E-state index in [9.17, 15) is 14.7 Å². The molecule has 0 aromatic heterocycles. The normalized spacial score (nSPS) is 46.6. The van der Waals surface area contributed by atoms with Crippen LogP contribution in [0.1, 0.15) is 65.7 Å². The fraction of sp³-hybridized carbons (Fsp3) is 0.810. The van der Waals surface area contributed by atoms with Gasteiger partial charge in [0.15, 0.2) is 0 Å². The lowest BCUT2D eigenvalue weighted by atomic mass is 9.48. The van der Waals surface area contributed by atoms with Crippen molar-refractivity contribution in [1.82, 2.24) is 4.90 Å². The predicted octanol–water partition coefficient (Wildman–Crippen LogP) is 4.07. The molecule has 0 spiro atoms. The van der Waals surface area contributed by atoms with E-state index in [4.69, 9.17) is 0 Å². The molecule has 4 nitrogen and oxygen atoms in total. The Kier molecular flexibility index (Phi) is 3.66. The second-order valence-corrected chi connectivity index (χ2v) is 9.59. The molecule has 4 aliphatic rings. The first-order valence-electron chi connectivity index (χ1n) is 9.89. The van der Waals surface area contributed by atoms with E-state index in [2.05, 4.69) is 20.8 Å². The van der Waals surface area contributed by atoms with Crippen molar-refractivity contribution >= 4 is 11.9 Å². The minimum absolute atomic E-state index is 0.0441. The van der Waals surface area contributed by atoms with Crippen LogP contribution >= 0.6 is 0 Å². The van der Waals surface area contributed by atoms with E-state index in [-0.39, 0.29) is 22.7 Å². The van der Waals surface area contributed by atoms with Crippen LogP contribution in [0.3, 0.4) is 0 Å². The zero-order chi connectivity index (χ0) is 18.1. The highest BCUT2D eigenvalue weighted by atomic mass is 16.4. The van der Waals surface area contributed by atoms with Gasteiger partial charge in [-0.1, -0.05) is 19.4 Å². The van der Waals surface area contributed by atoms with Gasteiger partial charge in [0.1, 0.15) is 0 Å². The highest BCUT2D eigenvalue weighted by Crippen LogP contribution is 2.66. The number of amides is 1. The van der Waals surface area contributed by atoms with Gasteiger partial charge in [-0.2, -0.15) is 0 Å². The summed E-state index contributed by atoms with van der Waals surface area (Å²) in [5.41, 5.74) is 2.68. The van der Waals surface area contributed by atoms with E-state index >= 15 is 0 Å². The summed E-state index contributed by atoms with van der Waals surface area (Å²) in [6, 6.07) is 0. The summed E-state index contributed by atoms with van der Waals surface area (Å²) in [7, 11) is 1.95. The third-order valence-corrected chi connectivity index (χ3v) is 8.61. The van der Waals surface area contributed by atoms with Crippen LogP contribution in [-0.4, -0.2) is 28.9 Å². The first-order chi connectivity index (χ1) is 11.7. The van der Waals surface area contributed by atoms with Crippen molar-refractivity contribution < 1.29 is 14.7 Å². The van der Waals surface area contributed by atoms with Crippen LogP contribution in [0, 0.1) is 34.5 Å². The zero-order valence-electron chi connectivity index (χ0n) is 16.0. The van der Waals surface area contributed by atoms with Gasteiger partial charge in [0.05, 0.1) is 5.92 Å². The van der Waals surface area contributed by atoms with Gasteiger partial charge in [-0.25, -0.2) is 0 Å². The van der Waals surface area contributed by atoms with E-state index in [1.165, 1.54) is 11.3 Å². The molecule has 3 unspecified atom stereocenters. The molecule has 1 N–H and O–H groups in total. The van der Waals surface area contributed by atoms with E-state index in [0.29, 0.717) is 24.2 Å². The SMILES string of the molecule is CC1=C2N(C)C(=O)CC[C@]2(C)C2CC[C@@]3(C)C(CC[C@@H]3C(=O)O)C2C1. The topological polar surface area (TPSA) is 57.6 Å². The predicted molar refractivity (Wildman–Crippen MR) is 95.6 cm³/mol. The molecule has 4 heteroatoms. The van der Waals surface area contributed by atoms with Gasteiger partial charge in [0.2, 0.25) is 5.91 Å². The second kappa shape index (κ2) is 5.34. The standard InChI is InChI=1S/C21H31NO3/c1-12-11-13-14-5-6-16(19(24)25)20(14,2)9-7-15(13)21(3)10-8-17(23)22(4)18(12)21/h13-16H,5-11H2,1-4H3,(H,24,25)/t13?,14?,15?,16-,20+,21-/m1/s1. The number of aliphatic carboxylic acids is 1. The summed E-state index contributed by atoms with van der Waals surface area (Å²) in [6.07, 6.45) is 6.67. The van der Waals surface area contributed by atoms with Crippen LogP contribution < -0.4 is 0 Å². The van der Waals surface area contributed by atoms with Gasteiger partial charge in [-0.15, -0.1) is 0 Å². The maximum Gasteiger partial charge on any atom is 0.307 e. The Bertz CT molecular complexity index is 668. The van der Waals surface area contributed by atoms with E-state index in [0.717, 1.165) is 38.5 Å². The zero-order valence-corrected chi connectivity index (χ0v) is 16.0. The summed E-state index contributed by atoms with van der Waals surface area (Å²) in [5, 5.41) is 9.71. The average molecular weight is 345 g/mol. The first-order valence-corrected chi connectivity index (χ1v) is 9.89. The molecular weight excluding hydrogens is 314 g/mol. The molecule has 3 fully saturated rings. The van der Waals surface area contributed by atoms with Gasteiger partial charge in [-0.3, -0.25) is 9.59 Å². The number of likely N-dealkylation sites (tertiary alicyclic amines) is 1. The molecule has 0 radical (unpaired) electrons. The Morgan fingerprint density at radius 3 is 2.56 bits per heavy atom. The molecule has 1 amide bonds. The minimum Gasteiger partial charge on any atom is -0.481 e. The second-order valence-electron chi connectivity index (χ2n) is 9.59. The Morgan fingerprint density at radius 2 is 1.88 bits per heavy atom. The maximum atomic E-state index is 12.3. The number of rotatable bonds is 1. The Morgan fingerprint density at radius 1 is 1.16 bits per heavy atom. The van der Waals surface area contributed by atoms with Crippen molar-refractivity contribution in [3.05, 3.63) is 11.3 Å². The largest absolute Gasteiger partial charge is 0.481 e. The Balaban J connectivity index is 1.74. The van der Waals surface area contributed by atoms with Crippen molar-refractivity contribution in [1.29, 1.82) is 0 Å². The number of nitrogens with zero attached hydrogens (tertiary/aromatic N) is 1. The molecular formula is C21H31NO3. The van der Waals surface area contributed by atoms with Gasteiger partial charge >= 0.3 is 5.97 Å². The monoisotopic (exact) mass is 345 g/mol. The number of carboxylic acids is 1. The van der Waals surface area contributed by atoms with Gasteiger partial charge in [0, 0.05) is 24.6 Å². The summed E-state index contributed by atoms with van der Waals surface area (Å²) in [6.45, 7) is 6.82. The first kappa shape index (κ1) is 17.1. The number of carbonyl (C=O) groups excluding carboxylic acids is 1. The quantitative estimate of drug-likeness (QED) is 0.779. The summed E-state index contributed by atoms with van der Waals surface area (Å²) in [4.78, 5) is 26.0. The smallest absolute Gasteiger partial charge is 0.307 e. The molecule has 25 heavy (non-hydrogen) atoms. The lowest BCUT2D eigenvalue weighted by Crippen LogP contribution is -2.54. The number of piperidine rings is 1. The summed E-state index contributed by atoms with van der Waals surface area (Å²) >= 11 is 0. The number of hydrogen-bond acceptors (Lipinski definition) is 2. The van der Waals surface area contributed by atoms with Crippen LogP contribution in [0.25, 0.3) is 0 Å². The number of carboxylic acid groups (broad SMARTS) is 1. The Labute approximate surface area is 150 Å². The third kappa shape index (κ3) is 2.12. The fourth-order valence-corrected chi connectivity index (χ4v) is 7.51. The third-order valence-electron chi connectivity index (χ3n) is 8.61. The summed E-state index contributed by atoms with van der Waals surface area (Å²) in [5.74, 6) is 1.17. The lowest BCUT2D eigenvalue weighted by molar-refractivity contribution is -0.150. The molecule has 4 rings (SSSR count). The average Bonchev–Trinajstić information content (AvgIpc) is 2.89. The molecule has 1 saturated heterocycles. The minimum atomic E-state index is -0.596. The molecule has 0 bridgehead atoms. The van der Waals surface area contributed by atoms with Crippen LogP contribution in [0.2, 0.25) is 0 Å². The maximum absolute atomic E-state index is 12.3. The summed E-state index contributed by atoms with van der Waals surface area (Å²) < 4.78 is 0. The lowest BCUT2D eigenvalue weighted by Gasteiger charge is -2.59. The molecule has 2 saturated carbocycles. The molecule has 6 atom stereocenters. The molecule has 0 aromatic carbocycles. The molecule has 138 valence electrons. The number of hydrogen-bond donors (Lipinski definition) is 1. The highest BCUT2D eigenvalue weighted by Gasteiger charge is 2.61. The number of fused-ring (bicyclic) bond motifs is 5. The molecule has 3 aliphatic carbocycles. The number of allylic oxidation sites excluding steroid dienone is 2. The van der Waals surface area contributed by atoms with Crippen molar-refractivity contribution in [3.63, 3.8) is 0 Å². The highest BCUT2D eigenvalue weighted by molar-refractivity contribution is 5.80. The van der Waals surface area contributed by atoms with Crippen molar-refractivity contribution in [2.75, 3.05) is 7.05 Å². The van der Waals surface area contributed by atoms with Crippen LogP contribution in [0.15, 0.2) is 11.3 Å². The van der Waals surface area contributed by atoms with Gasteiger partial charge < -0.3 is 10.0 Å². The van der Waals surface area contributed by atoms with Gasteiger partial charge in [0.25, 0.3) is 0 Å². The van der Waals surface area contributed by atoms with Crippen molar-refractivity contribution in [2.45, 2.75) is 65.7 Å². The molecule has 0 aromatic rings. The van der Waals surface area contributed by atoms with Crippen molar-refractivity contribution in [3.8, 4) is 0 Å². The fourth-order valence-electron chi connectivity index (χ4n) is 7.51. The van der Waals surface area contributed by atoms with E-state index in [1.807, 2.05) is 11.9 Å². The van der Waals surface area contributed by atoms with Crippen LogP contribution in [0.4, 0.5) is 0 Å². The van der Waals surface area contributed by atoms with Crippen LogP contribution in [0.5, 0.6) is 0 Å². The van der Waals surface area contributed by atoms with Crippen molar-refractivity contribution in [2.24, 2.45) is 34.5 Å². The molecule has 1 heterocycles. The van der Waals surface area contributed by atoms with E-state index in [1.54, 1.807) is 0 Å². The van der Waals surface area contributed by atoms with Gasteiger partial charge in [-0.05, 0) is 68.6 Å². The molecule has 1 aliphatic heterocycles. The number of carbonyl (C=O) groups is 2.